The van der Waals surface area contributed by atoms with Crippen molar-refractivity contribution in [1.29, 1.82) is 0 Å². The Morgan fingerprint density at radius 1 is 0.833 bits per heavy atom. The van der Waals surface area contributed by atoms with Crippen molar-refractivity contribution in [2.75, 3.05) is 0 Å². The first-order valence-corrected chi connectivity index (χ1v) is 6.91. The lowest BCUT2D eigenvalue weighted by Crippen LogP contribution is -1.85. The Morgan fingerprint density at radius 2 is 1.50 bits per heavy atom. The zero-order chi connectivity index (χ0) is 12.4. The molecule has 1 heterocycles. The maximum atomic E-state index is 6.27. The summed E-state index contributed by atoms with van der Waals surface area (Å²) in [6.45, 7) is 0. The third-order valence-electron chi connectivity index (χ3n) is 2.80. The molecule has 1 nitrogen and oxygen atoms in total. The highest BCUT2D eigenvalue weighted by atomic mass is 35.5. The normalized spacial score (nSPS) is 10.5. The van der Waals surface area contributed by atoms with Crippen molar-refractivity contribution in [1.82, 2.24) is 4.98 Å². The molecule has 1 aromatic heterocycles. The van der Waals surface area contributed by atoms with Gasteiger partial charge in [-0.2, -0.15) is 0 Å². The van der Waals surface area contributed by atoms with Gasteiger partial charge >= 0.3 is 0 Å². The Hall–Kier alpha value is -1.64. The van der Waals surface area contributed by atoms with Gasteiger partial charge in [0.05, 0.1) is 11.2 Å². The second-order valence-electron chi connectivity index (χ2n) is 3.90. The predicted octanol–water partition coefficient (Wildman–Crippen LogP) is 5.13. The Balaban J connectivity index is 2.22. The van der Waals surface area contributed by atoms with Crippen LogP contribution in [0, 0.1) is 0 Å². The van der Waals surface area contributed by atoms with Gasteiger partial charge in [0.25, 0.3) is 0 Å². The molecule has 18 heavy (non-hydrogen) atoms. The van der Waals surface area contributed by atoms with Crippen molar-refractivity contribution in [2.24, 2.45) is 0 Å². The fourth-order valence-electron chi connectivity index (χ4n) is 1.97. The van der Waals surface area contributed by atoms with Crippen LogP contribution >= 0.6 is 22.9 Å². The molecule has 3 rings (SSSR count). The number of aromatic nitrogens is 1. The van der Waals surface area contributed by atoms with Gasteiger partial charge in [0.1, 0.15) is 0 Å². The molecule has 0 spiro atoms. The first-order chi connectivity index (χ1) is 8.86. The predicted molar refractivity (Wildman–Crippen MR) is 78.0 cm³/mol. The minimum absolute atomic E-state index is 0.764. The molecule has 0 aliphatic heterocycles. The Kier molecular flexibility index (Phi) is 3.13. The number of hydrogen-bond donors (Lipinski definition) is 0. The van der Waals surface area contributed by atoms with Crippen molar-refractivity contribution in [3.63, 3.8) is 0 Å². The summed E-state index contributed by atoms with van der Waals surface area (Å²) in [6, 6.07) is 16.1. The van der Waals surface area contributed by atoms with Crippen molar-refractivity contribution >= 4 is 22.9 Å². The van der Waals surface area contributed by atoms with Crippen LogP contribution in [0.3, 0.4) is 0 Å². The average molecular weight is 272 g/mol. The fourth-order valence-corrected chi connectivity index (χ4v) is 2.76. The Morgan fingerprint density at radius 3 is 2.17 bits per heavy atom. The summed E-state index contributed by atoms with van der Waals surface area (Å²) in [7, 11) is 0. The van der Waals surface area contributed by atoms with Gasteiger partial charge in [0.2, 0.25) is 0 Å². The van der Waals surface area contributed by atoms with E-state index in [1.807, 2.05) is 41.9 Å². The van der Waals surface area contributed by atoms with Crippen LogP contribution in [0.25, 0.3) is 22.4 Å². The number of thiazole rings is 1. The van der Waals surface area contributed by atoms with Crippen LogP contribution in [-0.2, 0) is 0 Å². The van der Waals surface area contributed by atoms with Crippen LogP contribution in [0.15, 0.2) is 59.4 Å². The minimum atomic E-state index is 0.764. The molecular weight excluding hydrogens is 262 g/mol. The second kappa shape index (κ2) is 4.92. The molecule has 0 bridgehead atoms. The maximum absolute atomic E-state index is 6.27. The first-order valence-electron chi connectivity index (χ1n) is 5.59. The molecule has 3 heteroatoms. The average Bonchev–Trinajstić information content (AvgIpc) is 2.93. The molecule has 0 N–H and O–H groups in total. The zero-order valence-electron chi connectivity index (χ0n) is 9.51. The van der Waals surface area contributed by atoms with E-state index in [-0.39, 0.29) is 0 Å². The molecule has 0 radical (unpaired) electrons. The zero-order valence-corrected chi connectivity index (χ0v) is 11.1. The molecule has 0 saturated carbocycles. The SMILES string of the molecule is Clc1ccccc1-c1ccccc1-c1cscn1. The van der Waals surface area contributed by atoms with Crippen molar-refractivity contribution in [3.8, 4) is 22.4 Å². The summed E-state index contributed by atoms with van der Waals surface area (Å²) in [5.74, 6) is 0. The van der Waals surface area contributed by atoms with Gasteiger partial charge in [0, 0.05) is 21.5 Å². The third kappa shape index (κ3) is 2.05. The molecule has 0 saturated heterocycles. The van der Waals surface area contributed by atoms with E-state index in [0.717, 1.165) is 27.4 Å². The van der Waals surface area contributed by atoms with Gasteiger partial charge in [0.15, 0.2) is 0 Å². The summed E-state index contributed by atoms with van der Waals surface area (Å²) in [5, 5.41) is 2.82. The number of hydrogen-bond acceptors (Lipinski definition) is 2. The van der Waals surface area contributed by atoms with Crippen LogP contribution in [-0.4, -0.2) is 4.98 Å². The summed E-state index contributed by atoms with van der Waals surface area (Å²) < 4.78 is 0. The number of benzene rings is 2. The van der Waals surface area contributed by atoms with Crippen LogP contribution in [0.5, 0.6) is 0 Å². The lowest BCUT2D eigenvalue weighted by atomic mass is 9.98. The first kappa shape index (κ1) is 11.5. The number of nitrogens with zero attached hydrogens (tertiary/aromatic N) is 1. The van der Waals surface area contributed by atoms with Crippen LogP contribution < -0.4 is 0 Å². The van der Waals surface area contributed by atoms with E-state index >= 15 is 0 Å². The molecule has 3 aromatic rings. The largest absolute Gasteiger partial charge is 0.245 e. The van der Waals surface area contributed by atoms with E-state index in [4.69, 9.17) is 11.6 Å². The van der Waals surface area contributed by atoms with Gasteiger partial charge < -0.3 is 0 Å². The highest BCUT2D eigenvalue weighted by molar-refractivity contribution is 7.07. The minimum Gasteiger partial charge on any atom is -0.245 e. The van der Waals surface area contributed by atoms with E-state index in [2.05, 4.69) is 22.5 Å². The van der Waals surface area contributed by atoms with E-state index in [1.165, 1.54) is 0 Å². The molecule has 0 aliphatic rings. The van der Waals surface area contributed by atoms with Crippen LogP contribution in [0.2, 0.25) is 5.02 Å². The quantitative estimate of drug-likeness (QED) is 0.630. The molecule has 88 valence electrons. The molecule has 0 fully saturated rings. The second-order valence-corrected chi connectivity index (χ2v) is 5.02. The van der Waals surface area contributed by atoms with E-state index in [0.29, 0.717) is 0 Å². The Bertz CT molecular complexity index is 662. The van der Waals surface area contributed by atoms with E-state index in [9.17, 15) is 0 Å². The van der Waals surface area contributed by atoms with Crippen molar-refractivity contribution in [3.05, 3.63) is 64.4 Å². The lowest BCUT2D eigenvalue weighted by Gasteiger charge is -2.09. The standard InChI is InChI=1S/C15H10ClNS/c16-14-8-4-3-6-12(14)11-5-1-2-7-13(11)15-9-18-10-17-15/h1-10H. The smallest absolute Gasteiger partial charge is 0.0817 e. The highest BCUT2D eigenvalue weighted by Crippen LogP contribution is 2.35. The molecule has 2 aromatic carbocycles. The van der Waals surface area contributed by atoms with Gasteiger partial charge in [-0.15, -0.1) is 11.3 Å². The summed E-state index contributed by atoms with van der Waals surface area (Å²) >= 11 is 7.87. The van der Waals surface area contributed by atoms with Crippen molar-refractivity contribution in [2.45, 2.75) is 0 Å². The third-order valence-corrected chi connectivity index (χ3v) is 3.72. The van der Waals surface area contributed by atoms with Gasteiger partial charge in [-0.25, -0.2) is 4.98 Å². The molecule has 0 atom stereocenters. The van der Waals surface area contributed by atoms with E-state index in [1.54, 1.807) is 11.3 Å². The number of rotatable bonds is 2. The topological polar surface area (TPSA) is 12.9 Å². The monoisotopic (exact) mass is 271 g/mol. The molecular formula is C15H10ClNS. The van der Waals surface area contributed by atoms with Crippen molar-refractivity contribution < 1.29 is 0 Å². The molecule has 0 unspecified atom stereocenters. The van der Waals surface area contributed by atoms with E-state index < -0.39 is 0 Å². The summed E-state index contributed by atoms with van der Waals surface area (Å²) in [4.78, 5) is 4.38. The molecule has 0 amide bonds. The van der Waals surface area contributed by atoms with Gasteiger partial charge in [-0.1, -0.05) is 54.1 Å². The van der Waals surface area contributed by atoms with Crippen LogP contribution in [0.1, 0.15) is 0 Å². The van der Waals surface area contributed by atoms with Crippen LogP contribution in [0.4, 0.5) is 0 Å². The number of halogens is 1. The summed E-state index contributed by atoms with van der Waals surface area (Å²) in [6.07, 6.45) is 0. The maximum Gasteiger partial charge on any atom is 0.0817 e. The Labute approximate surface area is 115 Å². The summed E-state index contributed by atoms with van der Waals surface area (Å²) in [5.41, 5.74) is 6.12. The van der Waals surface area contributed by atoms with Gasteiger partial charge in [-0.3, -0.25) is 0 Å². The highest BCUT2D eigenvalue weighted by Gasteiger charge is 2.10. The fraction of sp³-hybridized carbons (Fsp3) is 0. The molecule has 0 aliphatic carbocycles. The van der Waals surface area contributed by atoms with Gasteiger partial charge in [-0.05, 0) is 11.6 Å². The lowest BCUT2D eigenvalue weighted by molar-refractivity contribution is 1.41.